The van der Waals surface area contributed by atoms with Crippen LogP contribution in [0.3, 0.4) is 0 Å². The van der Waals surface area contributed by atoms with Crippen molar-refractivity contribution in [3.8, 4) is 21.3 Å². The van der Waals surface area contributed by atoms with Crippen molar-refractivity contribution in [3.63, 3.8) is 0 Å². The van der Waals surface area contributed by atoms with Crippen molar-refractivity contribution < 1.29 is 9.32 Å². The van der Waals surface area contributed by atoms with E-state index in [1.165, 1.54) is 10.3 Å². The molecule has 3 aromatic heterocycles. The first-order valence-corrected chi connectivity index (χ1v) is 13.7. The van der Waals surface area contributed by atoms with Gasteiger partial charge in [0.25, 0.3) is 0 Å². The van der Waals surface area contributed by atoms with Gasteiger partial charge in [-0.15, -0.1) is 22.7 Å². The number of rotatable bonds is 6. The van der Waals surface area contributed by atoms with Crippen LogP contribution in [-0.2, 0) is 11.3 Å². The van der Waals surface area contributed by atoms with Gasteiger partial charge in [0, 0.05) is 17.8 Å². The van der Waals surface area contributed by atoms with Gasteiger partial charge in [-0.3, -0.25) is 9.69 Å². The molecule has 0 aliphatic carbocycles. The number of likely N-dealkylation sites (tertiary alicyclic amines) is 1. The number of aromatic nitrogens is 3. The third kappa shape index (κ3) is 4.95. The lowest BCUT2D eigenvalue weighted by molar-refractivity contribution is -0.121. The highest BCUT2D eigenvalue weighted by molar-refractivity contribution is 7.21. The normalized spacial score (nSPS) is 16.4. The fourth-order valence-electron chi connectivity index (χ4n) is 4.53. The molecule has 6 rings (SSSR count). The molecule has 1 N–H and O–H groups in total. The summed E-state index contributed by atoms with van der Waals surface area (Å²) in [6, 6.07) is 18.2. The van der Waals surface area contributed by atoms with Crippen LogP contribution < -0.4 is 5.32 Å². The quantitative estimate of drug-likeness (QED) is 0.288. The second kappa shape index (κ2) is 9.93. The number of thiophene rings is 1. The molecule has 1 aliphatic heterocycles. The van der Waals surface area contributed by atoms with E-state index in [1.54, 1.807) is 22.7 Å². The fourth-order valence-corrected chi connectivity index (χ4v) is 6.24. The van der Waals surface area contributed by atoms with Gasteiger partial charge in [-0.05, 0) is 79.7 Å². The Labute approximate surface area is 216 Å². The summed E-state index contributed by atoms with van der Waals surface area (Å²) in [7, 11) is 0. The molecule has 1 fully saturated rings. The molecule has 9 heteroatoms. The third-order valence-electron chi connectivity index (χ3n) is 6.39. The van der Waals surface area contributed by atoms with Gasteiger partial charge in [-0.1, -0.05) is 17.3 Å². The minimum atomic E-state index is -0.0781. The Balaban J connectivity index is 1.07. The lowest BCUT2D eigenvalue weighted by Gasteiger charge is -2.30. The van der Waals surface area contributed by atoms with Crippen molar-refractivity contribution in [3.05, 3.63) is 71.4 Å². The number of benzene rings is 2. The Bertz CT molecular complexity index is 1490. The molecule has 0 bridgehead atoms. The summed E-state index contributed by atoms with van der Waals surface area (Å²) in [5, 5.41) is 10.2. The number of nitrogens with one attached hydrogen (secondary N) is 1. The van der Waals surface area contributed by atoms with Gasteiger partial charge in [-0.2, -0.15) is 4.98 Å². The molecular weight excluding hydrogens is 490 g/mol. The topological polar surface area (TPSA) is 84.2 Å². The summed E-state index contributed by atoms with van der Waals surface area (Å²) >= 11 is 3.27. The number of hydrogen-bond donors (Lipinski definition) is 1. The van der Waals surface area contributed by atoms with Gasteiger partial charge in [0.05, 0.1) is 27.6 Å². The molecular formula is C27H25N5O2S2. The van der Waals surface area contributed by atoms with Crippen molar-refractivity contribution in [2.24, 2.45) is 5.92 Å². The number of anilines is 1. The minimum Gasteiger partial charge on any atom is -0.338 e. The lowest BCUT2D eigenvalue weighted by atomic mass is 9.97. The molecule has 7 nitrogen and oxygen atoms in total. The monoisotopic (exact) mass is 515 g/mol. The highest BCUT2D eigenvalue weighted by Crippen LogP contribution is 2.31. The Morgan fingerprint density at radius 2 is 2.06 bits per heavy atom. The van der Waals surface area contributed by atoms with Crippen LogP contribution in [0.1, 0.15) is 24.3 Å². The maximum absolute atomic E-state index is 13.0. The van der Waals surface area contributed by atoms with Crippen LogP contribution in [0, 0.1) is 12.8 Å². The third-order valence-corrected chi connectivity index (χ3v) is 8.32. The molecule has 182 valence electrons. The first kappa shape index (κ1) is 23.0. The van der Waals surface area contributed by atoms with Crippen molar-refractivity contribution in [2.75, 3.05) is 18.4 Å². The Morgan fingerprint density at radius 1 is 1.17 bits per heavy atom. The Hall–Kier alpha value is -3.40. The van der Waals surface area contributed by atoms with Crippen LogP contribution in [0.25, 0.3) is 31.5 Å². The SMILES string of the molecule is Cc1ccc2nc(-c3ccc(NC(=O)C4CCCN(Cc5nc(-c6cccs6)no5)C4)cc3)sc2c1. The van der Waals surface area contributed by atoms with Gasteiger partial charge >= 0.3 is 0 Å². The average molecular weight is 516 g/mol. The van der Waals surface area contributed by atoms with Gasteiger partial charge in [-0.25, -0.2) is 4.98 Å². The minimum absolute atomic E-state index is 0.0488. The van der Waals surface area contributed by atoms with E-state index < -0.39 is 0 Å². The standard InChI is InChI=1S/C27H25N5O2S2/c1-17-6-11-21-23(14-17)36-27(29-21)18-7-9-20(10-8-18)28-26(33)19-4-2-12-32(15-19)16-24-30-25(31-34-24)22-5-3-13-35-22/h3,5-11,13-14,19H,2,4,12,15-16H2,1H3,(H,28,33). The van der Waals surface area contributed by atoms with E-state index in [4.69, 9.17) is 9.51 Å². The van der Waals surface area contributed by atoms with Crippen molar-refractivity contribution >= 4 is 44.5 Å². The molecule has 1 unspecified atom stereocenters. The molecule has 0 radical (unpaired) electrons. The number of fused-ring (bicyclic) bond motifs is 1. The Morgan fingerprint density at radius 3 is 2.89 bits per heavy atom. The number of carbonyl (C=O) groups is 1. The summed E-state index contributed by atoms with van der Waals surface area (Å²) in [5.74, 6) is 1.18. The molecule has 0 saturated carbocycles. The van der Waals surface area contributed by atoms with Crippen molar-refractivity contribution in [1.82, 2.24) is 20.0 Å². The first-order chi connectivity index (χ1) is 17.6. The zero-order valence-corrected chi connectivity index (χ0v) is 21.4. The molecule has 1 atom stereocenters. The maximum Gasteiger partial charge on any atom is 0.241 e. The molecule has 2 aromatic carbocycles. The largest absolute Gasteiger partial charge is 0.338 e. The highest BCUT2D eigenvalue weighted by Gasteiger charge is 2.27. The number of hydrogen-bond acceptors (Lipinski definition) is 8. The number of amides is 1. The van der Waals surface area contributed by atoms with Gasteiger partial charge in [0.15, 0.2) is 0 Å². The second-order valence-electron chi connectivity index (χ2n) is 9.12. The van der Waals surface area contributed by atoms with Crippen LogP contribution in [0.2, 0.25) is 0 Å². The van der Waals surface area contributed by atoms with Crippen LogP contribution in [0.15, 0.2) is 64.5 Å². The van der Waals surface area contributed by atoms with Crippen LogP contribution in [0.5, 0.6) is 0 Å². The van der Waals surface area contributed by atoms with E-state index >= 15 is 0 Å². The molecule has 5 aromatic rings. The summed E-state index contributed by atoms with van der Waals surface area (Å²) in [6.07, 6.45) is 1.83. The van der Waals surface area contributed by atoms with E-state index in [2.05, 4.69) is 45.5 Å². The number of nitrogens with zero attached hydrogens (tertiary/aromatic N) is 4. The molecule has 1 saturated heterocycles. The zero-order chi connectivity index (χ0) is 24.5. The fraction of sp³-hybridized carbons (Fsp3) is 0.259. The first-order valence-electron chi connectivity index (χ1n) is 12.0. The molecule has 1 amide bonds. The average Bonchev–Trinajstić information content (AvgIpc) is 3.65. The summed E-state index contributed by atoms with van der Waals surface area (Å²) in [5.41, 5.74) is 4.10. The number of carbonyl (C=O) groups excluding carboxylic acids is 1. The summed E-state index contributed by atoms with van der Waals surface area (Å²) in [6.45, 7) is 4.23. The van der Waals surface area contributed by atoms with E-state index in [-0.39, 0.29) is 11.8 Å². The number of thiazole rings is 1. The van der Waals surface area contributed by atoms with Crippen molar-refractivity contribution in [1.29, 1.82) is 0 Å². The second-order valence-corrected chi connectivity index (χ2v) is 11.1. The number of piperidine rings is 1. The van der Waals surface area contributed by atoms with Gasteiger partial charge in [0.1, 0.15) is 5.01 Å². The van der Waals surface area contributed by atoms with Gasteiger partial charge < -0.3 is 9.84 Å². The van der Waals surface area contributed by atoms with Crippen molar-refractivity contribution in [2.45, 2.75) is 26.3 Å². The zero-order valence-electron chi connectivity index (χ0n) is 19.8. The van der Waals surface area contributed by atoms with E-state index in [1.807, 2.05) is 41.8 Å². The smallest absolute Gasteiger partial charge is 0.241 e. The maximum atomic E-state index is 13.0. The van der Waals surface area contributed by atoms with E-state index in [0.29, 0.717) is 24.8 Å². The predicted molar refractivity (Wildman–Crippen MR) is 144 cm³/mol. The number of aryl methyl sites for hydroxylation is 1. The predicted octanol–water partition coefficient (Wildman–Crippen LogP) is 6.23. The van der Waals surface area contributed by atoms with Gasteiger partial charge in [0.2, 0.25) is 17.6 Å². The van der Waals surface area contributed by atoms with Crippen LogP contribution in [0.4, 0.5) is 5.69 Å². The molecule has 4 heterocycles. The summed E-state index contributed by atoms with van der Waals surface area (Å²) in [4.78, 5) is 25.5. The van der Waals surface area contributed by atoms with E-state index in [9.17, 15) is 4.79 Å². The summed E-state index contributed by atoms with van der Waals surface area (Å²) < 4.78 is 6.64. The molecule has 1 aliphatic rings. The lowest BCUT2D eigenvalue weighted by Crippen LogP contribution is -2.40. The molecule has 36 heavy (non-hydrogen) atoms. The van der Waals surface area contributed by atoms with E-state index in [0.717, 1.165) is 46.0 Å². The molecule has 0 spiro atoms. The Kier molecular flexibility index (Phi) is 6.35. The van der Waals surface area contributed by atoms with Crippen LogP contribution >= 0.6 is 22.7 Å². The highest BCUT2D eigenvalue weighted by atomic mass is 32.1. The van der Waals surface area contributed by atoms with Crippen LogP contribution in [-0.4, -0.2) is 39.0 Å².